The molecular formula is C22H15Cl2N3O2S. The fourth-order valence-corrected chi connectivity index (χ4v) is 3.43. The van der Waals surface area contributed by atoms with E-state index in [9.17, 15) is 4.79 Å². The van der Waals surface area contributed by atoms with Crippen LogP contribution in [0.25, 0.3) is 22.6 Å². The molecule has 0 saturated carbocycles. The Kier molecular flexibility index (Phi) is 5.72. The highest BCUT2D eigenvalue weighted by molar-refractivity contribution is 7.80. The van der Waals surface area contributed by atoms with E-state index >= 15 is 0 Å². The molecule has 150 valence electrons. The van der Waals surface area contributed by atoms with Gasteiger partial charge in [-0.3, -0.25) is 10.1 Å². The van der Waals surface area contributed by atoms with Gasteiger partial charge in [-0.05, 0) is 73.2 Å². The van der Waals surface area contributed by atoms with Gasteiger partial charge in [-0.2, -0.15) is 0 Å². The Hall–Kier alpha value is -2.93. The maximum Gasteiger partial charge on any atom is 0.257 e. The van der Waals surface area contributed by atoms with Crippen LogP contribution >= 0.6 is 35.4 Å². The molecule has 3 aromatic carbocycles. The van der Waals surface area contributed by atoms with Gasteiger partial charge in [-0.15, -0.1) is 0 Å². The van der Waals surface area contributed by atoms with Gasteiger partial charge >= 0.3 is 0 Å². The summed E-state index contributed by atoms with van der Waals surface area (Å²) >= 11 is 17.5. The zero-order valence-corrected chi connectivity index (χ0v) is 18.0. The molecule has 2 N–H and O–H groups in total. The average molecular weight is 456 g/mol. The van der Waals surface area contributed by atoms with Crippen molar-refractivity contribution in [3.05, 3.63) is 81.8 Å². The summed E-state index contributed by atoms with van der Waals surface area (Å²) < 4.78 is 5.87. The molecule has 0 bridgehead atoms. The molecular weight excluding hydrogens is 441 g/mol. The topological polar surface area (TPSA) is 67.2 Å². The number of fused-ring (bicyclic) bond motifs is 1. The van der Waals surface area contributed by atoms with Gasteiger partial charge in [0, 0.05) is 16.1 Å². The van der Waals surface area contributed by atoms with Crippen LogP contribution < -0.4 is 10.6 Å². The van der Waals surface area contributed by atoms with Gasteiger partial charge in [0.1, 0.15) is 5.52 Å². The van der Waals surface area contributed by atoms with E-state index in [2.05, 4.69) is 15.6 Å². The number of anilines is 1. The third-order valence-corrected chi connectivity index (χ3v) is 5.09. The van der Waals surface area contributed by atoms with Crippen molar-refractivity contribution in [2.75, 3.05) is 5.32 Å². The van der Waals surface area contributed by atoms with Crippen molar-refractivity contribution in [1.29, 1.82) is 0 Å². The molecule has 4 aromatic rings. The standard InChI is InChI=1S/C22H15Cl2N3O2S/c1-12-5-8-17-19(9-12)29-21(25-17)14-6-7-16(24)18(11-14)26-22(30)27-20(28)13-3-2-4-15(23)10-13/h2-11H,1H3,(H2,26,27,28,30). The lowest BCUT2D eigenvalue weighted by Crippen LogP contribution is -2.34. The molecule has 0 saturated heterocycles. The first-order chi connectivity index (χ1) is 14.4. The van der Waals surface area contributed by atoms with Crippen molar-refractivity contribution in [3.8, 4) is 11.5 Å². The van der Waals surface area contributed by atoms with E-state index in [1.807, 2.05) is 25.1 Å². The number of nitrogens with one attached hydrogen (secondary N) is 2. The number of aryl methyl sites for hydroxylation is 1. The van der Waals surface area contributed by atoms with Crippen LogP contribution in [0, 0.1) is 6.92 Å². The third-order valence-electron chi connectivity index (χ3n) is 4.32. The Labute approximate surface area is 188 Å². The predicted octanol–water partition coefficient (Wildman–Crippen LogP) is 6.24. The van der Waals surface area contributed by atoms with E-state index in [0.29, 0.717) is 32.8 Å². The summed E-state index contributed by atoms with van der Waals surface area (Å²) in [7, 11) is 0. The molecule has 8 heteroatoms. The molecule has 0 atom stereocenters. The van der Waals surface area contributed by atoms with Gasteiger partial charge in [-0.1, -0.05) is 35.3 Å². The first-order valence-electron chi connectivity index (χ1n) is 8.94. The first-order valence-corrected chi connectivity index (χ1v) is 10.1. The highest BCUT2D eigenvalue weighted by atomic mass is 35.5. The van der Waals surface area contributed by atoms with Gasteiger partial charge in [0.05, 0.1) is 10.7 Å². The molecule has 0 aliphatic carbocycles. The van der Waals surface area contributed by atoms with Gasteiger partial charge in [0.2, 0.25) is 5.89 Å². The van der Waals surface area contributed by atoms with Crippen LogP contribution in [-0.2, 0) is 0 Å². The number of carbonyl (C=O) groups is 1. The number of halogens is 2. The number of rotatable bonds is 3. The molecule has 0 spiro atoms. The van der Waals surface area contributed by atoms with Crippen molar-refractivity contribution in [2.45, 2.75) is 6.92 Å². The minimum atomic E-state index is -0.378. The van der Waals surface area contributed by atoms with Gasteiger partial charge in [0.15, 0.2) is 10.7 Å². The van der Waals surface area contributed by atoms with Crippen LogP contribution in [-0.4, -0.2) is 16.0 Å². The zero-order valence-electron chi connectivity index (χ0n) is 15.7. The summed E-state index contributed by atoms with van der Waals surface area (Å²) in [5, 5.41) is 6.56. The van der Waals surface area contributed by atoms with Gasteiger partial charge in [0.25, 0.3) is 5.91 Å². The van der Waals surface area contributed by atoms with Crippen molar-refractivity contribution in [1.82, 2.24) is 10.3 Å². The molecule has 5 nitrogen and oxygen atoms in total. The van der Waals surface area contributed by atoms with Crippen LogP contribution in [0.5, 0.6) is 0 Å². The number of hydrogen-bond acceptors (Lipinski definition) is 4. The first kappa shape index (κ1) is 20.3. The SMILES string of the molecule is Cc1ccc2nc(-c3ccc(Cl)c(NC(=S)NC(=O)c4cccc(Cl)c4)c3)oc2c1. The summed E-state index contributed by atoms with van der Waals surface area (Å²) in [6.45, 7) is 1.99. The summed E-state index contributed by atoms with van der Waals surface area (Å²) in [6.07, 6.45) is 0. The summed E-state index contributed by atoms with van der Waals surface area (Å²) in [5.74, 6) is 0.0841. The summed E-state index contributed by atoms with van der Waals surface area (Å²) in [5.41, 5.74) is 4.20. The van der Waals surface area contributed by atoms with Crippen LogP contribution in [0.4, 0.5) is 5.69 Å². The normalized spacial score (nSPS) is 10.8. The van der Waals surface area contributed by atoms with E-state index in [0.717, 1.165) is 16.6 Å². The molecule has 4 rings (SSSR count). The fourth-order valence-electron chi connectivity index (χ4n) is 2.87. The monoisotopic (exact) mass is 455 g/mol. The van der Waals surface area contributed by atoms with Crippen LogP contribution in [0.2, 0.25) is 10.0 Å². The number of oxazole rings is 1. The molecule has 0 aliphatic heterocycles. The van der Waals surface area contributed by atoms with Crippen LogP contribution in [0.15, 0.2) is 65.1 Å². The second-order valence-corrected chi connectivity index (χ2v) is 7.86. The molecule has 0 unspecified atom stereocenters. The van der Waals surface area contributed by atoms with E-state index in [-0.39, 0.29) is 11.0 Å². The smallest absolute Gasteiger partial charge is 0.257 e. The molecule has 0 radical (unpaired) electrons. The van der Waals surface area contributed by atoms with Gasteiger partial charge < -0.3 is 9.73 Å². The Bertz CT molecular complexity index is 1290. The number of thiocarbonyl (C=S) groups is 1. The third kappa shape index (κ3) is 4.46. The lowest BCUT2D eigenvalue weighted by molar-refractivity contribution is 0.0977. The number of hydrogen-bond donors (Lipinski definition) is 2. The maximum absolute atomic E-state index is 12.3. The van der Waals surface area contributed by atoms with Crippen molar-refractivity contribution in [2.24, 2.45) is 0 Å². The highest BCUT2D eigenvalue weighted by Gasteiger charge is 2.13. The minimum absolute atomic E-state index is 0.104. The maximum atomic E-state index is 12.3. The number of carbonyl (C=O) groups excluding carboxylic acids is 1. The largest absolute Gasteiger partial charge is 0.436 e. The van der Waals surface area contributed by atoms with E-state index in [4.69, 9.17) is 39.8 Å². The Morgan fingerprint density at radius 2 is 1.90 bits per heavy atom. The van der Waals surface area contributed by atoms with E-state index in [1.165, 1.54) is 0 Å². The Morgan fingerprint density at radius 1 is 1.07 bits per heavy atom. The minimum Gasteiger partial charge on any atom is -0.436 e. The van der Waals surface area contributed by atoms with Crippen molar-refractivity contribution >= 4 is 63.2 Å². The summed E-state index contributed by atoms with van der Waals surface area (Å²) in [6, 6.07) is 17.7. The van der Waals surface area contributed by atoms with Crippen LogP contribution in [0.3, 0.4) is 0 Å². The number of amides is 1. The average Bonchev–Trinajstić information content (AvgIpc) is 3.12. The lowest BCUT2D eigenvalue weighted by atomic mass is 10.2. The quantitative estimate of drug-likeness (QED) is 0.358. The molecule has 1 heterocycles. The number of aromatic nitrogens is 1. The van der Waals surface area contributed by atoms with Gasteiger partial charge in [-0.25, -0.2) is 4.98 Å². The second kappa shape index (κ2) is 8.44. The zero-order chi connectivity index (χ0) is 21.3. The van der Waals surface area contributed by atoms with E-state index in [1.54, 1.807) is 42.5 Å². The Balaban J connectivity index is 1.54. The van der Waals surface area contributed by atoms with Crippen molar-refractivity contribution in [3.63, 3.8) is 0 Å². The number of nitrogens with zero attached hydrogens (tertiary/aromatic N) is 1. The van der Waals surface area contributed by atoms with Crippen molar-refractivity contribution < 1.29 is 9.21 Å². The summed E-state index contributed by atoms with van der Waals surface area (Å²) in [4.78, 5) is 16.9. The predicted molar refractivity (Wildman–Crippen MR) is 124 cm³/mol. The number of benzene rings is 3. The molecule has 1 amide bonds. The van der Waals surface area contributed by atoms with Crippen LogP contribution in [0.1, 0.15) is 15.9 Å². The fraction of sp³-hybridized carbons (Fsp3) is 0.0455. The lowest BCUT2D eigenvalue weighted by Gasteiger charge is -2.12. The molecule has 0 fully saturated rings. The molecule has 1 aromatic heterocycles. The molecule has 30 heavy (non-hydrogen) atoms. The highest BCUT2D eigenvalue weighted by Crippen LogP contribution is 2.30. The second-order valence-electron chi connectivity index (χ2n) is 6.60. The van der Waals surface area contributed by atoms with E-state index < -0.39 is 0 Å². The molecule has 0 aliphatic rings. The Morgan fingerprint density at radius 3 is 2.70 bits per heavy atom.